The standard InChI is InChI=1S/C7H13NO4/c8-3-1-2-5(7(11)12)4-6(9)10/h5H,1-4,8H2,(H,9,10)(H,11,12). The van der Waals surface area contributed by atoms with Crippen molar-refractivity contribution in [1.82, 2.24) is 0 Å². The first kappa shape index (κ1) is 10.9. The van der Waals surface area contributed by atoms with Gasteiger partial charge in [0, 0.05) is 0 Å². The second-order valence-corrected chi connectivity index (χ2v) is 2.56. The topological polar surface area (TPSA) is 101 Å². The van der Waals surface area contributed by atoms with Gasteiger partial charge in [-0.25, -0.2) is 0 Å². The molecule has 0 fully saturated rings. The van der Waals surface area contributed by atoms with Crippen molar-refractivity contribution in [2.24, 2.45) is 11.7 Å². The quantitative estimate of drug-likeness (QED) is 0.523. The van der Waals surface area contributed by atoms with Gasteiger partial charge in [0.1, 0.15) is 0 Å². The van der Waals surface area contributed by atoms with E-state index in [1.165, 1.54) is 0 Å². The number of aliphatic carboxylic acids is 2. The highest BCUT2D eigenvalue weighted by Gasteiger charge is 2.19. The Morgan fingerprint density at radius 3 is 2.25 bits per heavy atom. The Hall–Kier alpha value is -1.10. The molecule has 0 saturated heterocycles. The first-order valence-electron chi connectivity index (χ1n) is 3.72. The summed E-state index contributed by atoms with van der Waals surface area (Å²) in [6.45, 7) is 0.392. The summed E-state index contributed by atoms with van der Waals surface area (Å²) >= 11 is 0. The van der Waals surface area contributed by atoms with Crippen molar-refractivity contribution in [1.29, 1.82) is 0 Å². The maximum Gasteiger partial charge on any atom is 0.307 e. The average Bonchev–Trinajstić information content (AvgIpc) is 1.96. The smallest absolute Gasteiger partial charge is 0.307 e. The molecule has 0 aromatic rings. The van der Waals surface area contributed by atoms with Crippen molar-refractivity contribution in [3.63, 3.8) is 0 Å². The minimum atomic E-state index is -1.08. The predicted molar refractivity (Wildman–Crippen MR) is 41.7 cm³/mol. The molecular weight excluding hydrogens is 162 g/mol. The Labute approximate surface area is 70.2 Å². The molecule has 0 aromatic carbocycles. The monoisotopic (exact) mass is 175 g/mol. The molecule has 70 valence electrons. The average molecular weight is 175 g/mol. The van der Waals surface area contributed by atoms with Crippen LogP contribution in [0.2, 0.25) is 0 Å². The van der Waals surface area contributed by atoms with Gasteiger partial charge in [0.2, 0.25) is 0 Å². The Bertz CT molecular complexity index is 169. The molecule has 0 radical (unpaired) electrons. The number of hydrogen-bond donors (Lipinski definition) is 3. The highest BCUT2D eigenvalue weighted by molar-refractivity contribution is 5.77. The van der Waals surface area contributed by atoms with E-state index in [0.717, 1.165) is 0 Å². The number of carboxylic acid groups (broad SMARTS) is 2. The van der Waals surface area contributed by atoms with Gasteiger partial charge in [-0.3, -0.25) is 9.59 Å². The van der Waals surface area contributed by atoms with Gasteiger partial charge in [-0.15, -0.1) is 0 Å². The maximum absolute atomic E-state index is 10.4. The molecule has 1 atom stereocenters. The second kappa shape index (κ2) is 5.54. The lowest BCUT2D eigenvalue weighted by molar-refractivity contribution is -0.148. The van der Waals surface area contributed by atoms with Crippen molar-refractivity contribution >= 4 is 11.9 Å². The SMILES string of the molecule is NCCCC(CC(=O)O)C(=O)O. The van der Waals surface area contributed by atoms with E-state index in [1.807, 2.05) is 0 Å². The van der Waals surface area contributed by atoms with Gasteiger partial charge < -0.3 is 15.9 Å². The summed E-state index contributed by atoms with van der Waals surface area (Å²) in [6.07, 6.45) is 0.553. The van der Waals surface area contributed by atoms with E-state index in [-0.39, 0.29) is 6.42 Å². The summed E-state index contributed by atoms with van der Waals surface area (Å²) in [4.78, 5) is 20.6. The molecule has 0 saturated carbocycles. The number of rotatable bonds is 6. The van der Waals surface area contributed by atoms with Crippen LogP contribution in [0.4, 0.5) is 0 Å². The lowest BCUT2D eigenvalue weighted by Gasteiger charge is -2.07. The fourth-order valence-electron chi connectivity index (χ4n) is 0.888. The molecule has 0 heterocycles. The van der Waals surface area contributed by atoms with Crippen LogP contribution in [0.25, 0.3) is 0 Å². The van der Waals surface area contributed by atoms with Gasteiger partial charge in [0.15, 0.2) is 0 Å². The normalized spacial score (nSPS) is 12.4. The minimum Gasteiger partial charge on any atom is -0.481 e. The Kier molecular flexibility index (Phi) is 5.03. The largest absolute Gasteiger partial charge is 0.481 e. The molecule has 0 aliphatic heterocycles. The number of carbonyl (C=O) groups is 2. The molecular formula is C7H13NO4. The molecule has 0 amide bonds. The summed E-state index contributed by atoms with van der Waals surface area (Å²) in [6, 6.07) is 0. The Morgan fingerprint density at radius 1 is 1.33 bits per heavy atom. The van der Waals surface area contributed by atoms with Gasteiger partial charge in [-0.2, -0.15) is 0 Å². The van der Waals surface area contributed by atoms with Crippen molar-refractivity contribution in [3.05, 3.63) is 0 Å². The van der Waals surface area contributed by atoms with E-state index in [0.29, 0.717) is 19.4 Å². The summed E-state index contributed by atoms with van der Waals surface area (Å²) in [7, 11) is 0. The molecule has 5 heteroatoms. The zero-order chi connectivity index (χ0) is 9.56. The van der Waals surface area contributed by atoms with Crippen LogP contribution in [0.5, 0.6) is 0 Å². The minimum absolute atomic E-state index is 0.324. The van der Waals surface area contributed by atoms with Crippen molar-refractivity contribution < 1.29 is 19.8 Å². The van der Waals surface area contributed by atoms with Crippen LogP contribution in [-0.4, -0.2) is 28.7 Å². The van der Waals surface area contributed by atoms with Crippen LogP contribution in [0.1, 0.15) is 19.3 Å². The Balaban J connectivity index is 3.87. The molecule has 0 bridgehead atoms. The van der Waals surface area contributed by atoms with E-state index in [2.05, 4.69) is 0 Å². The zero-order valence-corrected chi connectivity index (χ0v) is 6.69. The van der Waals surface area contributed by atoms with Gasteiger partial charge in [0.05, 0.1) is 12.3 Å². The van der Waals surface area contributed by atoms with E-state index >= 15 is 0 Å². The lowest BCUT2D eigenvalue weighted by Crippen LogP contribution is -2.18. The van der Waals surface area contributed by atoms with Crippen molar-refractivity contribution in [2.45, 2.75) is 19.3 Å². The van der Waals surface area contributed by atoms with Crippen molar-refractivity contribution in [2.75, 3.05) is 6.54 Å². The van der Waals surface area contributed by atoms with E-state index in [1.54, 1.807) is 0 Å². The number of hydrogen-bond acceptors (Lipinski definition) is 3. The summed E-state index contributed by atoms with van der Waals surface area (Å²) < 4.78 is 0. The third-order valence-corrected chi connectivity index (χ3v) is 1.53. The third-order valence-electron chi connectivity index (χ3n) is 1.53. The van der Waals surface area contributed by atoms with Gasteiger partial charge in [-0.1, -0.05) is 0 Å². The van der Waals surface area contributed by atoms with Crippen molar-refractivity contribution in [3.8, 4) is 0 Å². The highest BCUT2D eigenvalue weighted by Crippen LogP contribution is 2.10. The predicted octanol–water partition coefficient (Wildman–Crippen LogP) is -0.0992. The zero-order valence-electron chi connectivity index (χ0n) is 6.69. The van der Waals surface area contributed by atoms with Crippen LogP contribution in [0, 0.1) is 5.92 Å². The molecule has 0 aliphatic carbocycles. The van der Waals surface area contributed by atoms with Gasteiger partial charge in [0.25, 0.3) is 0 Å². The van der Waals surface area contributed by atoms with Gasteiger partial charge in [-0.05, 0) is 19.4 Å². The number of nitrogens with two attached hydrogens (primary N) is 1. The molecule has 4 N–H and O–H groups in total. The first-order chi connectivity index (χ1) is 5.57. The molecule has 5 nitrogen and oxygen atoms in total. The van der Waals surface area contributed by atoms with Crippen LogP contribution < -0.4 is 5.73 Å². The molecule has 0 rings (SSSR count). The van der Waals surface area contributed by atoms with E-state index < -0.39 is 17.9 Å². The maximum atomic E-state index is 10.4. The third kappa shape index (κ3) is 4.68. The molecule has 0 aliphatic rings. The second-order valence-electron chi connectivity index (χ2n) is 2.56. The number of carboxylic acids is 2. The summed E-state index contributed by atoms with van der Waals surface area (Å²) in [5, 5.41) is 16.9. The molecule has 1 unspecified atom stereocenters. The summed E-state index contributed by atoms with van der Waals surface area (Å²) in [5.74, 6) is -2.95. The molecule has 12 heavy (non-hydrogen) atoms. The van der Waals surface area contributed by atoms with Gasteiger partial charge >= 0.3 is 11.9 Å². The van der Waals surface area contributed by atoms with E-state index in [9.17, 15) is 9.59 Å². The van der Waals surface area contributed by atoms with Crippen LogP contribution >= 0.6 is 0 Å². The highest BCUT2D eigenvalue weighted by atomic mass is 16.4. The van der Waals surface area contributed by atoms with Crippen LogP contribution in [0.15, 0.2) is 0 Å². The molecule has 0 aromatic heterocycles. The lowest BCUT2D eigenvalue weighted by atomic mass is 10.00. The fourth-order valence-corrected chi connectivity index (χ4v) is 0.888. The van der Waals surface area contributed by atoms with E-state index in [4.69, 9.17) is 15.9 Å². The molecule has 0 spiro atoms. The Morgan fingerprint density at radius 2 is 1.92 bits per heavy atom. The van der Waals surface area contributed by atoms with Crippen LogP contribution in [0.3, 0.4) is 0 Å². The first-order valence-corrected chi connectivity index (χ1v) is 3.72. The van der Waals surface area contributed by atoms with Crippen LogP contribution in [-0.2, 0) is 9.59 Å². The fraction of sp³-hybridized carbons (Fsp3) is 0.714. The summed E-state index contributed by atoms with van der Waals surface area (Å²) in [5.41, 5.74) is 5.17.